The van der Waals surface area contributed by atoms with Crippen molar-refractivity contribution in [3.05, 3.63) is 28.3 Å². The number of nitriles is 1. The molecule has 0 bridgehead atoms. The molecule has 0 amide bonds. The minimum atomic E-state index is -1.13. The number of carboxylic acid groups (broad SMARTS) is 1. The number of hydrogen-bond donors (Lipinski definition) is 2. The molecule has 1 aromatic carbocycles. The fourth-order valence-electron chi connectivity index (χ4n) is 0.845. The van der Waals surface area contributed by atoms with E-state index < -0.39 is 5.97 Å². The third-order valence-corrected chi connectivity index (χ3v) is 2.25. The first-order valence-corrected chi connectivity index (χ1v) is 4.05. The molecule has 5 heteroatoms. The van der Waals surface area contributed by atoms with E-state index in [0.717, 1.165) is 0 Å². The third kappa shape index (κ3) is 1.77. The molecule has 0 saturated heterocycles. The van der Waals surface area contributed by atoms with Crippen LogP contribution in [0.25, 0.3) is 0 Å². The van der Waals surface area contributed by atoms with Crippen molar-refractivity contribution in [2.45, 2.75) is 4.90 Å². The zero-order valence-electron chi connectivity index (χ0n) is 6.28. The Morgan fingerprint density at radius 2 is 2.23 bits per heavy atom. The van der Waals surface area contributed by atoms with Crippen LogP contribution in [0.5, 0.6) is 0 Å². The van der Waals surface area contributed by atoms with Crippen molar-refractivity contribution in [2.75, 3.05) is 0 Å². The van der Waals surface area contributed by atoms with Crippen LogP contribution in [0, 0.1) is 11.3 Å². The second kappa shape index (κ2) is 3.69. The van der Waals surface area contributed by atoms with Crippen LogP contribution in [0.3, 0.4) is 0 Å². The third-order valence-electron chi connectivity index (χ3n) is 1.47. The molecule has 0 heterocycles. The van der Waals surface area contributed by atoms with Crippen LogP contribution in [0.2, 0.25) is 5.02 Å². The lowest BCUT2D eigenvalue weighted by molar-refractivity contribution is 0.0693. The summed E-state index contributed by atoms with van der Waals surface area (Å²) in [5, 5.41) is 17.5. The summed E-state index contributed by atoms with van der Waals surface area (Å²) in [5.41, 5.74) is 0.0641. The molecule has 0 atom stereocenters. The number of nitrogens with zero attached hydrogens (tertiary/aromatic N) is 1. The van der Waals surface area contributed by atoms with Crippen molar-refractivity contribution >= 4 is 30.2 Å². The Morgan fingerprint density at radius 1 is 1.62 bits per heavy atom. The fourth-order valence-corrected chi connectivity index (χ4v) is 1.45. The van der Waals surface area contributed by atoms with Crippen LogP contribution in [-0.2, 0) is 0 Å². The lowest BCUT2D eigenvalue weighted by atomic mass is 10.1. The van der Waals surface area contributed by atoms with E-state index in [1.54, 1.807) is 6.07 Å². The Hall–Kier alpha value is -1.18. The Morgan fingerprint density at radius 3 is 2.69 bits per heavy atom. The molecule has 0 aromatic heterocycles. The number of carbonyl (C=O) groups is 1. The summed E-state index contributed by atoms with van der Waals surface area (Å²) in [6.07, 6.45) is 0. The van der Waals surface area contributed by atoms with Gasteiger partial charge in [0.2, 0.25) is 0 Å². The molecule has 0 aliphatic heterocycles. The lowest BCUT2D eigenvalue weighted by Crippen LogP contribution is -1.99. The topological polar surface area (TPSA) is 61.1 Å². The maximum Gasteiger partial charge on any atom is 0.336 e. The van der Waals surface area contributed by atoms with Gasteiger partial charge in [0.1, 0.15) is 6.07 Å². The summed E-state index contributed by atoms with van der Waals surface area (Å²) in [4.78, 5) is 10.7. The molecule has 0 radical (unpaired) electrons. The van der Waals surface area contributed by atoms with Crippen LogP contribution in [0.1, 0.15) is 15.9 Å². The number of rotatable bonds is 1. The monoisotopic (exact) mass is 213 g/mol. The van der Waals surface area contributed by atoms with Crippen molar-refractivity contribution in [3.63, 3.8) is 0 Å². The number of benzene rings is 1. The molecule has 0 unspecified atom stereocenters. The Labute approximate surface area is 85.0 Å². The van der Waals surface area contributed by atoms with Gasteiger partial charge in [0.05, 0.1) is 16.1 Å². The lowest BCUT2D eigenvalue weighted by Gasteiger charge is -2.02. The van der Waals surface area contributed by atoms with Gasteiger partial charge in [-0.15, -0.1) is 12.6 Å². The number of carboxylic acids is 1. The minimum Gasteiger partial charge on any atom is -0.478 e. The van der Waals surface area contributed by atoms with E-state index in [9.17, 15) is 4.79 Å². The van der Waals surface area contributed by atoms with E-state index in [1.807, 2.05) is 0 Å². The standard InChI is InChI=1S/C8H4ClNO2S/c9-6-2-1-4(8(11)12)7(13)5(6)3-10/h1-2,13H,(H,11,12). The Kier molecular flexibility index (Phi) is 2.81. The van der Waals surface area contributed by atoms with Gasteiger partial charge in [-0.05, 0) is 12.1 Å². The molecular formula is C8H4ClNO2S. The molecule has 3 nitrogen and oxygen atoms in total. The highest BCUT2D eigenvalue weighted by Crippen LogP contribution is 2.25. The quantitative estimate of drug-likeness (QED) is 0.703. The van der Waals surface area contributed by atoms with Gasteiger partial charge in [0.15, 0.2) is 0 Å². The summed E-state index contributed by atoms with van der Waals surface area (Å²) < 4.78 is 0. The smallest absolute Gasteiger partial charge is 0.336 e. The molecule has 0 aliphatic rings. The second-order valence-corrected chi connectivity index (χ2v) is 3.09. The Balaban J connectivity index is 3.47. The van der Waals surface area contributed by atoms with E-state index in [4.69, 9.17) is 22.0 Å². The van der Waals surface area contributed by atoms with Crippen LogP contribution in [0.4, 0.5) is 0 Å². The minimum absolute atomic E-state index is 0.0238. The van der Waals surface area contributed by atoms with E-state index in [0.29, 0.717) is 0 Å². The number of halogens is 1. The second-order valence-electron chi connectivity index (χ2n) is 2.24. The van der Waals surface area contributed by atoms with Gasteiger partial charge >= 0.3 is 5.97 Å². The molecule has 0 spiro atoms. The maximum absolute atomic E-state index is 10.6. The highest BCUT2D eigenvalue weighted by molar-refractivity contribution is 7.80. The van der Waals surface area contributed by atoms with Crippen molar-refractivity contribution in [1.82, 2.24) is 0 Å². The highest BCUT2D eigenvalue weighted by atomic mass is 35.5. The normalized spacial score (nSPS) is 9.31. The molecule has 13 heavy (non-hydrogen) atoms. The van der Waals surface area contributed by atoms with Gasteiger partial charge in [-0.1, -0.05) is 11.6 Å². The summed E-state index contributed by atoms with van der Waals surface area (Å²) in [5.74, 6) is -1.13. The average molecular weight is 214 g/mol. The van der Waals surface area contributed by atoms with Gasteiger partial charge in [-0.3, -0.25) is 0 Å². The first-order valence-electron chi connectivity index (χ1n) is 3.22. The first kappa shape index (κ1) is 9.90. The zero-order valence-corrected chi connectivity index (χ0v) is 7.93. The largest absolute Gasteiger partial charge is 0.478 e. The summed E-state index contributed by atoms with van der Waals surface area (Å²) >= 11 is 9.55. The Bertz CT molecular complexity index is 411. The number of aromatic carboxylic acids is 1. The molecular weight excluding hydrogens is 210 g/mol. The van der Waals surface area contributed by atoms with E-state index in [2.05, 4.69) is 12.6 Å². The van der Waals surface area contributed by atoms with Crippen LogP contribution in [0.15, 0.2) is 17.0 Å². The summed E-state index contributed by atoms with van der Waals surface area (Å²) in [6, 6.07) is 4.46. The molecule has 1 aromatic rings. The summed E-state index contributed by atoms with van der Waals surface area (Å²) in [6.45, 7) is 0. The predicted octanol–water partition coefficient (Wildman–Crippen LogP) is 2.20. The van der Waals surface area contributed by atoms with Gasteiger partial charge in [-0.25, -0.2) is 4.79 Å². The van der Waals surface area contributed by atoms with E-state index >= 15 is 0 Å². The average Bonchev–Trinajstić information content (AvgIpc) is 2.04. The molecule has 0 saturated carbocycles. The molecule has 1 rings (SSSR count). The van der Waals surface area contributed by atoms with Crippen LogP contribution in [-0.4, -0.2) is 11.1 Å². The van der Waals surface area contributed by atoms with Gasteiger partial charge in [0.25, 0.3) is 0 Å². The highest BCUT2D eigenvalue weighted by Gasteiger charge is 2.13. The van der Waals surface area contributed by atoms with E-state index in [-0.39, 0.29) is 21.0 Å². The SMILES string of the molecule is N#Cc1c(Cl)ccc(C(=O)O)c1S. The number of hydrogen-bond acceptors (Lipinski definition) is 3. The number of thiol groups is 1. The summed E-state index contributed by atoms with van der Waals surface area (Å²) in [7, 11) is 0. The zero-order chi connectivity index (χ0) is 10.0. The van der Waals surface area contributed by atoms with Gasteiger partial charge in [-0.2, -0.15) is 5.26 Å². The fraction of sp³-hybridized carbons (Fsp3) is 0. The van der Waals surface area contributed by atoms with Crippen molar-refractivity contribution in [3.8, 4) is 6.07 Å². The van der Waals surface area contributed by atoms with Crippen LogP contribution < -0.4 is 0 Å². The molecule has 1 N–H and O–H groups in total. The molecule has 66 valence electrons. The van der Waals surface area contributed by atoms with Crippen molar-refractivity contribution in [2.24, 2.45) is 0 Å². The van der Waals surface area contributed by atoms with Gasteiger partial charge < -0.3 is 5.11 Å². The molecule has 0 fully saturated rings. The maximum atomic E-state index is 10.6. The van der Waals surface area contributed by atoms with E-state index in [1.165, 1.54) is 12.1 Å². The predicted molar refractivity (Wildman–Crippen MR) is 50.4 cm³/mol. The van der Waals surface area contributed by atoms with Gasteiger partial charge in [0, 0.05) is 4.90 Å². The van der Waals surface area contributed by atoms with Crippen molar-refractivity contribution < 1.29 is 9.90 Å². The molecule has 0 aliphatic carbocycles. The van der Waals surface area contributed by atoms with Crippen molar-refractivity contribution in [1.29, 1.82) is 5.26 Å². The first-order chi connectivity index (χ1) is 6.07. The van der Waals surface area contributed by atoms with Crippen LogP contribution >= 0.6 is 24.2 Å².